The average molecular weight is 190 g/mol. The summed E-state index contributed by atoms with van der Waals surface area (Å²) in [6.45, 7) is 0. The Morgan fingerprint density at radius 1 is 1.43 bits per heavy atom. The van der Waals surface area contributed by atoms with Gasteiger partial charge in [-0.25, -0.2) is 0 Å². The largest absolute Gasteiger partial charge is 0.300 e. The van der Waals surface area contributed by atoms with Crippen LogP contribution < -0.4 is 0 Å². The van der Waals surface area contributed by atoms with Gasteiger partial charge >= 0.3 is 0 Å². The van der Waals surface area contributed by atoms with Crippen LogP contribution in [0.5, 0.6) is 0 Å². The van der Waals surface area contributed by atoms with E-state index in [0.29, 0.717) is 17.1 Å². The van der Waals surface area contributed by atoms with Gasteiger partial charge in [0.05, 0.1) is 0 Å². The van der Waals surface area contributed by atoms with Gasteiger partial charge < -0.3 is 0 Å². The Morgan fingerprint density at radius 2 is 2.29 bits per heavy atom. The molecule has 2 saturated carbocycles. The van der Waals surface area contributed by atoms with Crippen LogP contribution in [0.4, 0.5) is 0 Å². The molecule has 0 saturated heterocycles. The summed E-state index contributed by atoms with van der Waals surface area (Å²) in [5.74, 6) is 3.90. The number of carbonyl (C=O) groups excluding carboxylic acids is 1. The van der Waals surface area contributed by atoms with Crippen LogP contribution in [0.15, 0.2) is 0 Å². The molecule has 1 nitrogen and oxygen atoms in total. The molecule has 0 amide bonds. The van der Waals surface area contributed by atoms with Crippen molar-refractivity contribution in [1.82, 2.24) is 0 Å². The normalized spacial score (nSPS) is 37.4. The van der Waals surface area contributed by atoms with Crippen LogP contribution in [0.3, 0.4) is 0 Å². The third-order valence-electron chi connectivity index (χ3n) is 4.17. The maximum Gasteiger partial charge on any atom is 0.133 e. The van der Waals surface area contributed by atoms with Gasteiger partial charge in [0.25, 0.3) is 0 Å². The molecule has 0 aliphatic heterocycles. The van der Waals surface area contributed by atoms with Crippen LogP contribution in [0.2, 0.25) is 0 Å². The Balaban J connectivity index is 2.16. The zero-order valence-electron chi connectivity index (χ0n) is 8.72. The minimum absolute atomic E-state index is 0.348. The van der Waals surface area contributed by atoms with Crippen molar-refractivity contribution in [2.75, 3.05) is 0 Å². The van der Waals surface area contributed by atoms with Crippen molar-refractivity contribution in [1.29, 1.82) is 0 Å². The second-order valence-corrected chi connectivity index (χ2v) is 4.93. The van der Waals surface area contributed by atoms with Crippen molar-refractivity contribution in [2.24, 2.45) is 11.3 Å². The number of rotatable bonds is 1. The van der Waals surface area contributed by atoms with E-state index in [1.54, 1.807) is 0 Å². The monoisotopic (exact) mass is 190 g/mol. The first-order valence-electron chi connectivity index (χ1n) is 5.72. The lowest BCUT2D eigenvalue weighted by Gasteiger charge is -2.46. The lowest BCUT2D eigenvalue weighted by atomic mass is 9.58. The Hall–Kier alpha value is -0.770. The summed E-state index contributed by atoms with van der Waals surface area (Å²) in [4.78, 5) is 11.4. The average Bonchev–Trinajstić information content (AvgIpc) is 2.19. The van der Waals surface area contributed by atoms with Crippen LogP contribution in [0.25, 0.3) is 0 Å². The molecule has 2 aliphatic rings. The van der Waals surface area contributed by atoms with Crippen LogP contribution in [0.1, 0.15) is 51.4 Å². The molecule has 2 aliphatic carbocycles. The predicted molar refractivity (Wildman–Crippen MR) is 56.7 cm³/mol. The quantitative estimate of drug-likeness (QED) is 0.581. The fraction of sp³-hybridized carbons (Fsp3) is 0.769. The SMILES string of the molecule is C#CC[C@]12CCCC[C@H]1CC(=O)CC2. The fourth-order valence-corrected chi connectivity index (χ4v) is 3.32. The number of carbonyl (C=O) groups is 1. The van der Waals surface area contributed by atoms with Crippen LogP contribution in [-0.4, -0.2) is 5.78 Å². The van der Waals surface area contributed by atoms with Gasteiger partial charge in [0.1, 0.15) is 5.78 Å². The molecule has 2 atom stereocenters. The molecule has 14 heavy (non-hydrogen) atoms. The standard InChI is InChI=1S/C13H18O/c1-2-7-13-8-4-3-5-11(13)10-12(14)6-9-13/h1,11H,3-10H2/t11-,13+/m0/s1. The smallest absolute Gasteiger partial charge is 0.133 e. The van der Waals surface area contributed by atoms with Gasteiger partial charge in [-0.05, 0) is 30.6 Å². The lowest BCUT2D eigenvalue weighted by Crippen LogP contribution is -2.39. The van der Waals surface area contributed by atoms with Gasteiger partial charge in [0, 0.05) is 19.3 Å². The molecule has 2 rings (SSSR count). The molecule has 0 N–H and O–H groups in total. The summed E-state index contributed by atoms with van der Waals surface area (Å²) in [5.41, 5.74) is 0.348. The highest BCUT2D eigenvalue weighted by atomic mass is 16.1. The topological polar surface area (TPSA) is 17.1 Å². The third kappa shape index (κ3) is 1.59. The van der Waals surface area contributed by atoms with E-state index in [9.17, 15) is 4.79 Å². The number of fused-ring (bicyclic) bond motifs is 1. The predicted octanol–water partition coefficient (Wildman–Crippen LogP) is 2.94. The lowest BCUT2D eigenvalue weighted by molar-refractivity contribution is -0.126. The summed E-state index contributed by atoms with van der Waals surface area (Å²) in [6, 6.07) is 0. The Morgan fingerprint density at radius 3 is 3.07 bits per heavy atom. The van der Waals surface area contributed by atoms with Crippen molar-refractivity contribution >= 4 is 5.78 Å². The Labute approximate surface area is 86.3 Å². The van der Waals surface area contributed by atoms with Crippen molar-refractivity contribution in [3.63, 3.8) is 0 Å². The number of hydrogen-bond acceptors (Lipinski definition) is 1. The van der Waals surface area contributed by atoms with E-state index >= 15 is 0 Å². The van der Waals surface area contributed by atoms with Crippen LogP contribution in [0, 0.1) is 23.7 Å². The molecule has 0 spiro atoms. The second kappa shape index (κ2) is 3.77. The molecule has 2 fully saturated rings. The van der Waals surface area contributed by atoms with E-state index < -0.39 is 0 Å². The van der Waals surface area contributed by atoms with Crippen molar-refractivity contribution in [3.05, 3.63) is 0 Å². The van der Waals surface area contributed by atoms with Crippen LogP contribution in [-0.2, 0) is 4.79 Å². The first kappa shape index (κ1) is 9.77. The molecule has 0 aromatic rings. The number of terminal acetylenes is 1. The van der Waals surface area contributed by atoms with Crippen molar-refractivity contribution in [2.45, 2.75) is 51.4 Å². The number of ketones is 1. The maximum atomic E-state index is 11.4. The van der Waals surface area contributed by atoms with Gasteiger partial charge in [-0.3, -0.25) is 4.79 Å². The van der Waals surface area contributed by atoms with Crippen molar-refractivity contribution < 1.29 is 4.79 Å². The highest BCUT2D eigenvalue weighted by Gasteiger charge is 2.43. The molecule has 0 aromatic carbocycles. The highest BCUT2D eigenvalue weighted by molar-refractivity contribution is 5.79. The van der Waals surface area contributed by atoms with Gasteiger partial charge in [0.2, 0.25) is 0 Å². The van der Waals surface area contributed by atoms with E-state index in [2.05, 4.69) is 5.92 Å². The van der Waals surface area contributed by atoms with E-state index in [1.807, 2.05) is 0 Å². The van der Waals surface area contributed by atoms with E-state index in [-0.39, 0.29) is 0 Å². The maximum absolute atomic E-state index is 11.4. The minimum Gasteiger partial charge on any atom is -0.300 e. The van der Waals surface area contributed by atoms with Gasteiger partial charge in [-0.1, -0.05) is 12.8 Å². The summed E-state index contributed by atoms with van der Waals surface area (Å²) in [6.07, 6.45) is 14.1. The summed E-state index contributed by atoms with van der Waals surface area (Å²) >= 11 is 0. The molecule has 0 radical (unpaired) electrons. The second-order valence-electron chi connectivity index (χ2n) is 4.93. The molecule has 1 heteroatoms. The Kier molecular flexibility index (Phi) is 2.63. The molecule has 0 aromatic heterocycles. The summed E-state index contributed by atoms with van der Waals surface area (Å²) in [5, 5.41) is 0. The molecule has 0 unspecified atom stereocenters. The number of Topliss-reactive ketones (excluding diaryl/α,β-unsaturated/α-hetero) is 1. The first-order valence-corrected chi connectivity index (χ1v) is 5.72. The highest BCUT2D eigenvalue weighted by Crippen LogP contribution is 2.51. The zero-order chi connectivity index (χ0) is 10.0. The zero-order valence-corrected chi connectivity index (χ0v) is 8.72. The first-order chi connectivity index (χ1) is 6.77. The van der Waals surface area contributed by atoms with Crippen LogP contribution >= 0.6 is 0 Å². The van der Waals surface area contributed by atoms with E-state index in [0.717, 1.165) is 25.7 Å². The van der Waals surface area contributed by atoms with Gasteiger partial charge in [-0.15, -0.1) is 12.3 Å². The van der Waals surface area contributed by atoms with E-state index in [4.69, 9.17) is 6.42 Å². The van der Waals surface area contributed by atoms with Crippen molar-refractivity contribution in [3.8, 4) is 12.3 Å². The summed E-state index contributed by atoms with van der Waals surface area (Å²) < 4.78 is 0. The molecule has 76 valence electrons. The minimum atomic E-state index is 0.348. The molecule has 0 bridgehead atoms. The molecular formula is C13H18O. The van der Waals surface area contributed by atoms with Gasteiger partial charge in [-0.2, -0.15) is 0 Å². The van der Waals surface area contributed by atoms with Gasteiger partial charge in [0.15, 0.2) is 0 Å². The van der Waals surface area contributed by atoms with E-state index in [1.165, 1.54) is 25.7 Å². The fourth-order valence-electron chi connectivity index (χ4n) is 3.32. The third-order valence-corrected chi connectivity index (χ3v) is 4.17. The molecule has 0 heterocycles. The Bertz CT molecular complexity index is 273. The number of hydrogen-bond donors (Lipinski definition) is 0. The summed E-state index contributed by atoms with van der Waals surface area (Å²) in [7, 11) is 0. The molecular weight excluding hydrogens is 172 g/mol.